The highest BCUT2D eigenvalue weighted by atomic mass is 16.2. The van der Waals surface area contributed by atoms with Crippen molar-refractivity contribution in [3.8, 4) is 6.07 Å². The summed E-state index contributed by atoms with van der Waals surface area (Å²) in [6.07, 6.45) is 1.67. The molecular weight excluding hydrogens is 200 g/mol. The molecule has 2 unspecified atom stereocenters. The summed E-state index contributed by atoms with van der Waals surface area (Å²) in [5.41, 5.74) is -0.828. The molecule has 1 fully saturated rings. The molecule has 0 aromatic carbocycles. The normalized spacial score (nSPS) is 24.2. The van der Waals surface area contributed by atoms with Crippen molar-refractivity contribution in [3.63, 3.8) is 0 Å². The zero-order valence-corrected chi connectivity index (χ0v) is 10.8. The summed E-state index contributed by atoms with van der Waals surface area (Å²) in [4.78, 5) is 14.1. The first-order valence-electron chi connectivity index (χ1n) is 6.15. The van der Waals surface area contributed by atoms with E-state index < -0.39 is 5.41 Å². The third-order valence-electron chi connectivity index (χ3n) is 3.88. The van der Waals surface area contributed by atoms with Crippen molar-refractivity contribution in [2.45, 2.75) is 40.5 Å². The van der Waals surface area contributed by atoms with E-state index >= 15 is 0 Å². The minimum atomic E-state index is -0.828. The lowest BCUT2D eigenvalue weighted by atomic mass is 9.88. The van der Waals surface area contributed by atoms with Crippen LogP contribution < -0.4 is 0 Å². The van der Waals surface area contributed by atoms with Crippen LogP contribution in [-0.2, 0) is 4.79 Å². The van der Waals surface area contributed by atoms with Gasteiger partial charge in [0.2, 0.25) is 5.91 Å². The molecule has 0 aromatic rings. The van der Waals surface area contributed by atoms with Gasteiger partial charge in [-0.2, -0.15) is 5.26 Å². The second kappa shape index (κ2) is 4.86. The van der Waals surface area contributed by atoms with Crippen LogP contribution in [0, 0.1) is 28.6 Å². The molecule has 0 aromatic heterocycles. The summed E-state index contributed by atoms with van der Waals surface area (Å²) < 4.78 is 0. The fourth-order valence-electron chi connectivity index (χ4n) is 2.14. The molecule has 0 radical (unpaired) electrons. The lowest BCUT2D eigenvalue weighted by Gasteiger charge is -2.26. The maximum atomic E-state index is 12.2. The molecule has 0 N–H and O–H groups in total. The smallest absolute Gasteiger partial charge is 0.242 e. The minimum Gasteiger partial charge on any atom is -0.341 e. The molecule has 0 bridgehead atoms. The number of amides is 1. The van der Waals surface area contributed by atoms with Crippen LogP contribution >= 0.6 is 0 Å². The molecule has 1 aliphatic heterocycles. The number of carbonyl (C=O) groups is 1. The molecule has 16 heavy (non-hydrogen) atoms. The van der Waals surface area contributed by atoms with Crippen molar-refractivity contribution in [3.05, 3.63) is 0 Å². The number of likely N-dealkylation sites (tertiary alicyclic amines) is 1. The topological polar surface area (TPSA) is 44.1 Å². The fraction of sp³-hybridized carbons (Fsp3) is 0.846. The van der Waals surface area contributed by atoms with Crippen molar-refractivity contribution in [2.75, 3.05) is 13.1 Å². The van der Waals surface area contributed by atoms with Gasteiger partial charge in [0, 0.05) is 13.1 Å². The number of carbonyl (C=O) groups excluding carboxylic acids is 1. The zero-order valence-electron chi connectivity index (χ0n) is 10.8. The quantitative estimate of drug-likeness (QED) is 0.736. The summed E-state index contributed by atoms with van der Waals surface area (Å²) in [6.45, 7) is 9.69. The first-order valence-corrected chi connectivity index (χ1v) is 6.15. The minimum absolute atomic E-state index is 0.0145. The molecule has 0 aliphatic carbocycles. The number of hydrogen-bond acceptors (Lipinski definition) is 2. The van der Waals surface area contributed by atoms with Crippen LogP contribution in [0.25, 0.3) is 0 Å². The van der Waals surface area contributed by atoms with Gasteiger partial charge < -0.3 is 4.90 Å². The third kappa shape index (κ3) is 2.37. The zero-order chi connectivity index (χ0) is 12.3. The van der Waals surface area contributed by atoms with Gasteiger partial charge in [0.1, 0.15) is 5.41 Å². The average Bonchev–Trinajstić information content (AvgIpc) is 2.76. The average molecular weight is 222 g/mol. The standard InChI is InChI=1S/C13H22N2O/c1-5-13(4,9-14)12(16)15-7-6-11(8-15)10(2)3/h10-11H,5-8H2,1-4H3. The molecule has 2 atom stereocenters. The molecule has 1 aliphatic rings. The van der Waals surface area contributed by atoms with Gasteiger partial charge in [0.25, 0.3) is 0 Å². The van der Waals surface area contributed by atoms with Crippen LogP contribution in [-0.4, -0.2) is 23.9 Å². The Morgan fingerprint density at radius 2 is 2.25 bits per heavy atom. The Bertz CT molecular complexity index is 306. The van der Waals surface area contributed by atoms with Gasteiger partial charge in [-0.15, -0.1) is 0 Å². The molecule has 1 rings (SSSR count). The van der Waals surface area contributed by atoms with Crippen LogP contribution in [0.4, 0.5) is 0 Å². The van der Waals surface area contributed by atoms with Crippen LogP contribution in [0.15, 0.2) is 0 Å². The molecule has 0 spiro atoms. The molecular formula is C13H22N2O. The second-order valence-corrected chi connectivity index (χ2v) is 5.34. The van der Waals surface area contributed by atoms with Gasteiger partial charge >= 0.3 is 0 Å². The molecule has 90 valence electrons. The van der Waals surface area contributed by atoms with E-state index in [1.54, 1.807) is 6.92 Å². The van der Waals surface area contributed by atoms with Crippen molar-refractivity contribution in [1.29, 1.82) is 5.26 Å². The number of nitriles is 1. The Hall–Kier alpha value is -1.04. The Morgan fingerprint density at radius 1 is 1.62 bits per heavy atom. The van der Waals surface area contributed by atoms with Gasteiger partial charge in [-0.05, 0) is 31.6 Å². The van der Waals surface area contributed by atoms with Crippen LogP contribution in [0.5, 0.6) is 0 Å². The molecule has 1 saturated heterocycles. The number of nitrogens with zero attached hydrogens (tertiary/aromatic N) is 2. The van der Waals surface area contributed by atoms with E-state index in [0.717, 1.165) is 19.5 Å². The van der Waals surface area contributed by atoms with E-state index in [9.17, 15) is 4.79 Å². The summed E-state index contributed by atoms with van der Waals surface area (Å²) in [5.74, 6) is 1.23. The maximum absolute atomic E-state index is 12.2. The Balaban J connectivity index is 2.68. The van der Waals surface area contributed by atoms with E-state index in [1.807, 2.05) is 11.8 Å². The second-order valence-electron chi connectivity index (χ2n) is 5.34. The summed E-state index contributed by atoms with van der Waals surface area (Å²) in [6, 6.07) is 2.16. The molecule has 3 nitrogen and oxygen atoms in total. The number of hydrogen-bond donors (Lipinski definition) is 0. The van der Waals surface area contributed by atoms with Crippen LogP contribution in [0.2, 0.25) is 0 Å². The highest BCUT2D eigenvalue weighted by molar-refractivity contribution is 5.85. The maximum Gasteiger partial charge on any atom is 0.242 e. The first kappa shape index (κ1) is 13.0. The fourth-order valence-corrected chi connectivity index (χ4v) is 2.14. The van der Waals surface area contributed by atoms with Gasteiger partial charge in [-0.1, -0.05) is 20.8 Å². The predicted octanol–water partition coefficient (Wildman–Crippen LogP) is 2.43. The monoisotopic (exact) mass is 222 g/mol. The van der Waals surface area contributed by atoms with Gasteiger partial charge in [0.05, 0.1) is 6.07 Å². The Kier molecular flexibility index (Phi) is 3.96. The van der Waals surface area contributed by atoms with Crippen molar-refractivity contribution in [1.82, 2.24) is 4.90 Å². The van der Waals surface area contributed by atoms with E-state index in [-0.39, 0.29) is 5.91 Å². The SMILES string of the molecule is CCC(C)(C#N)C(=O)N1CCC(C(C)C)C1. The Labute approximate surface area is 98.4 Å². The summed E-state index contributed by atoms with van der Waals surface area (Å²) in [7, 11) is 0. The van der Waals surface area contributed by atoms with Gasteiger partial charge in [0.15, 0.2) is 0 Å². The number of rotatable bonds is 3. The highest BCUT2D eigenvalue weighted by Crippen LogP contribution is 2.29. The van der Waals surface area contributed by atoms with Crippen molar-refractivity contribution < 1.29 is 4.79 Å². The highest BCUT2D eigenvalue weighted by Gasteiger charge is 2.38. The molecule has 1 heterocycles. The predicted molar refractivity (Wildman–Crippen MR) is 63.5 cm³/mol. The van der Waals surface area contributed by atoms with Crippen molar-refractivity contribution >= 4 is 5.91 Å². The Morgan fingerprint density at radius 3 is 2.62 bits per heavy atom. The lowest BCUT2D eigenvalue weighted by Crippen LogP contribution is -2.40. The molecule has 3 heteroatoms. The summed E-state index contributed by atoms with van der Waals surface area (Å²) in [5, 5.41) is 9.09. The van der Waals surface area contributed by atoms with Crippen LogP contribution in [0.3, 0.4) is 0 Å². The third-order valence-corrected chi connectivity index (χ3v) is 3.88. The molecule has 0 saturated carbocycles. The van der Waals surface area contributed by atoms with E-state index in [1.165, 1.54) is 0 Å². The van der Waals surface area contributed by atoms with Gasteiger partial charge in [-0.3, -0.25) is 4.79 Å². The molecule has 1 amide bonds. The van der Waals surface area contributed by atoms with Crippen molar-refractivity contribution in [2.24, 2.45) is 17.3 Å². The first-order chi connectivity index (χ1) is 7.44. The van der Waals surface area contributed by atoms with Crippen LogP contribution in [0.1, 0.15) is 40.5 Å². The largest absolute Gasteiger partial charge is 0.341 e. The van der Waals surface area contributed by atoms with E-state index in [2.05, 4.69) is 19.9 Å². The van der Waals surface area contributed by atoms with E-state index in [4.69, 9.17) is 5.26 Å². The summed E-state index contributed by atoms with van der Waals surface area (Å²) >= 11 is 0. The lowest BCUT2D eigenvalue weighted by molar-refractivity contribution is -0.137. The van der Waals surface area contributed by atoms with Gasteiger partial charge in [-0.25, -0.2) is 0 Å². The van der Waals surface area contributed by atoms with E-state index in [0.29, 0.717) is 18.3 Å².